The van der Waals surface area contributed by atoms with Crippen molar-refractivity contribution >= 4 is 5.91 Å². The number of carbonyl (C=O) groups excluding carboxylic acids is 1. The van der Waals surface area contributed by atoms with Gasteiger partial charge in [-0.2, -0.15) is 0 Å². The van der Waals surface area contributed by atoms with Crippen molar-refractivity contribution < 1.29 is 9.90 Å². The average molecular weight is 263 g/mol. The monoisotopic (exact) mass is 263 g/mol. The third-order valence-electron chi connectivity index (χ3n) is 3.54. The van der Waals surface area contributed by atoms with Gasteiger partial charge in [-0.25, -0.2) is 0 Å². The Morgan fingerprint density at radius 2 is 2.21 bits per heavy atom. The van der Waals surface area contributed by atoms with Gasteiger partial charge in [0.15, 0.2) is 0 Å². The van der Waals surface area contributed by atoms with Crippen molar-refractivity contribution in [3.05, 3.63) is 24.0 Å². The first-order valence-corrected chi connectivity index (χ1v) is 6.74. The second kappa shape index (κ2) is 6.52. The van der Waals surface area contributed by atoms with E-state index in [1.807, 2.05) is 6.07 Å². The highest BCUT2D eigenvalue weighted by Crippen LogP contribution is 2.18. The van der Waals surface area contributed by atoms with E-state index in [1.165, 1.54) is 6.20 Å². The summed E-state index contributed by atoms with van der Waals surface area (Å²) in [4.78, 5) is 17.4. The molecule has 0 aliphatic carbocycles. The third-order valence-corrected chi connectivity index (χ3v) is 3.54. The standard InChI is InChI=1S/C14H21N3O2/c1-11(18)15-8-12-4-6-17(7-5-12)10-13-2-3-14(19)9-16-13/h2-3,9,12,19H,4-8,10H2,1H3,(H,15,18). The largest absolute Gasteiger partial charge is 0.506 e. The van der Waals surface area contributed by atoms with Gasteiger partial charge >= 0.3 is 0 Å². The molecule has 0 bridgehead atoms. The Balaban J connectivity index is 1.74. The van der Waals surface area contributed by atoms with Crippen molar-refractivity contribution in [3.63, 3.8) is 0 Å². The van der Waals surface area contributed by atoms with Crippen molar-refractivity contribution in [3.8, 4) is 5.75 Å². The lowest BCUT2D eigenvalue weighted by molar-refractivity contribution is -0.119. The number of hydrogen-bond acceptors (Lipinski definition) is 4. The van der Waals surface area contributed by atoms with Crippen molar-refractivity contribution in [1.82, 2.24) is 15.2 Å². The summed E-state index contributed by atoms with van der Waals surface area (Å²) in [6, 6.07) is 3.53. The summed E-state index contributed by atoms with van der Waals surface area (Å²) < 4.78 is 0. The van der Waals surface area contributed by atoms with E-state index in [1.54, 1.807) is 13.0 Å². The van der Waals surface area contributed by atoms with Gasteiger partial charge in [0.2, 0.25) is 5.91 Å². The first-order chi connectivity index (χ1) is 9.13. The Morgan fingerprint density at radius 1 is 1.47 bits per heavy atom. The molecule has 0 saturated carbocycles. The molecule has 2 N–H and O–H groups in total. The maximum atomic E-state index is 10.9. The van der Waals surface area contributed by atoms with E-state index in [0.29, 0.717) is 5.92 Å². The fourth-order valence-corrected chi connectivity index (χ4v) is 2.38. The minimum absolute atomic E-state index is 0.0516. The molecule has 0 unspecified atom stereocenters. The molecule has 2 heterocycles. The number of nitrogens with one attached hydrogen (secondary N) is 1. The number of carbonyl (C=O) groups is 1. The van der Waals surface area contributed by atoms with E-state index >= 15 is 0 Å². The molecule has 1 aromatic heterocycles. The van der Waals surface area contributed by atoms with Gasteiger partial charge in [0.1, 0.15) is 5.75 Å². The van der Waals surface area contributed by atoms with Crippen LogP contribution in [0.5, 0.6) is 5.75 Å². The smallest absolute Gasteiger partial charge is 0.216 e. The molecule has 104 valence electrons. The van der Waals surface area contributed by atoms with Crippen LogP contribution in [0.15, 0.2) is 18.3 Å². The van der Waals surface area contributed by atoms with Crippen molar-refractivity contribution in [2.75, 3.05) is 19.6 Å². The Morgan fingerprint density at radius 3 is 2.79 bits per heavy atom. The molecule has 5 heteroatoms. The average Bonchev–Trinajstić information content (AvgIpc) is 2.40. The van der Waals surface area contributed by atoms with Gasteiger partial charge in [-0.15, -0.1) is 0 Å². The van der Waals surface area contributed by atoms with Crippen molar-refractivity contribution in [2.24, 2.45) is 5.92 Å². The van der Waals surface area contributed by atoms with Crippen LogP contribution in [0, 0.1) is 5.92 Å². The third kappa shape index (κ3) is 4.52. The van der Waals surface area contributed by atoms with Crippen LogP contribution in [-0.4, -0.2) is 40.5 Å². The normalized spacial score (nSPS) is 17.3. The molecule has 1 aliphatic rings. The zero-order valence-electron chi connectivity index (χ0n) is 11.3. The highest BCUT2D eigenvalue weighted by Gasteiger charge is 2.19. The molecule has 1 saturated heterocycles. The molecule has 1 aromatic rings. The van der Waals surface area contributed by atoms with Gasteiger partial charge < -0.3 is 10.4 Å². The van der Waals surface area contributed by atoms with E-state index in [0.717, 1.165) is 44.7 Å². The molecule has 0 atom stereocenters. The lowest BCUT2D eigenvalue weighted by Crippen LogP contribution is -2.37. The number of pyridine rings is 1. The Labute approximate surface area is 113 Å². The quantitative estimate of drug-likeness (QED) is 0.855. The van der Waals surface area contributed by atoms with Gasteiger partial charge in [0.05, 0.1) is 11.9 Å². The van der Waals surface area contributed by atoms with Crippen LogP contribution < -0.4 is 5.32 Å². The van der Waals surface area contributed by atoms with Gasteiger partial charge in [-0.3, -0.25) is 14.7 Å². The summed E-state index contributed by atoms with van der Waals surface area (Å²) in [6.45, 7) is 5.25. The molecular formula is C14H21N3O2. The topological polar surface area (TPSA) is 65.5 Å². The number of piperidine rings is 1. The minimum Gasteiger partial charge on any atom is -0.506 e. The summed E-state index contributed by atoms with van der Waals surface area (Å²) in [5, 5.41) is 12.1. The van der Waals surface area contributed by atoms with Crippen LogP contribution >= 0.6 is 0 Å². The van der Waals surface area contributed by atoms with Gasteiger partial charge in [0.25, 0.3) is 0 Å². The summed E-state index contributed by atoms with van der Waals surface area (Å²) in [6.07, 6.45) is 3.70. The summed E-state index contributed by atoms with van der Waals surface area (Å²) in [5.41, 5.74) is 0.984. The highest BCUT2D eigenvalue weighted by molar-refractivity contribution is 5.72. The molecule has 1 amide bonds. The van der Waals surface area contributed by atoms with Crippen LogP contribution in [0.2, 0.25) is 0 Å². The number of aromatic hydroxyl groups is 1. The van der Waals surface area contributed by atoms with Crippen LogP contribution in [0.3, 0.4) is 0 Å². The molecule has 0 radical (unpaired) electrons. The van der Waals surface area contributed by atoms with Crippen LogP contribution in [-0.2, 0) is 11.3 Å². The first-order valence-electron chi connectivity index (χ1n) is 6.74. The molecule has 5 nitrogen and oxygen atoms in total. The summed E-state index contributed by atoms with van der Waals surface area (Å²) in [5.74, 6) is 0.849. The lowest BCUT2D eigenvalue weighted by atomic mass is 9.96. The zero-order chi connectivity index (χ0) is 13.7. The fraction of sp³-hybridized carbons (Fsp3) is 0.571. The molecule has 1 fully saturated rings. The van der Waals surface area contributed by atoms with Gasteiger partial charge in [-0.1, -0.05) is 0 Å². The van der Waals surface area contributed by atoms with E-state index in [-0.39, 0.29) is 11.7 Å². The number of aromatic nitrogens is 1. The SMILES string of the molecule is CC(=O)NCC1CCN(Cc2ccc(O)cn2)CC1. The minimum atomic E-state index is 0.0516. The number of nitrogens with zero attached hydrogens (tertiary/aromatic N) is 2. The van der Waals surface area contributed by atoms with Gasteiger partial charge in [0, 0.05) is 20.0 Å². The number of hydrogen-bond donors (Lipinski definition) is 2. The maximum absolute atomic E-state index is 10.9. The fourth-order valence-electron chi connectivity index (χ4n) is 2.38. The zero-order valence-corrected chi connectivity index (χ0v) is 11.3. The van der Waals surface area contributed by atoms with E-state index in [9.17, 15) is 9.90 Å². The van der Waals surface area contributed by atoms with Crippen LogP contribution in [0.4, 0.5) is 0 Å². The molecule has 0 spiro atoms. The number of likely N-dealkylation sites (tertiary alicyclic amines) is 1. The molecule has 19 heavy (non-hydrogen) atoms. The van der Waals surface area contributed by atoms with Crippen LogP contribution in [0.1, 0.15) is 25.5 Å². The highest BCUT2D eigenvalue weighted by atomic mass is 16.3. The molecular weight excluding hydrogens is 242 g/mol. The predicted octanol–water partition coefficient (Wildman–Crippen LogP) is 1.14. The van der Waals surface area contributed by atoms with Crippen molar-refractivity contribution in [2.45, 2.75) is 26.3 Å². The Kier molecular flexibility index (Phi) is 4.74. The summed E-state index contributed by atoms with van der Waals surface area (Å²) >= 11 is 0. The first kappa shape index (κ1) is 13.8. The Hall–Kier alpha value is -1.62. The Bertz CT molecular complexity index is 411. The van der Waals surface area contributed by atoms with E-state index in [2.05, 4.69) is 15.2 Å². The second-order valence-electron chi connectivity index (χ2n) is 5.16. The van der Waals surface area contributed by atoms with E-state index in [4.69, 9.17) is 0 Å². The predicted molar refractivity (Wildman–Crippen MR) is 72.6 cm³/mol. The number of amides is 1. The summed E-state index contributed by atoms with van der Waals surface area (Å²) in [7, 11) is 0. The molecule has 1 aliphatic heterocycles. The molecule has 0 aromatic carbocycles. The molecule has 2 rings (SSSR count). The lowest BCUT2D eigenvalue weighted by Gasteiger charge is -2.31. The van der Waals surface area contributed by atoms with Crippen LogP contribution in [0.25, 0.3) is 0 Å². The van der Waals surface area contributed by atoms with Crippen molar-refractivity contribution in [1.29, 1.82) is 0 Å². The van der Waals surface area contributed by atoms with E-state index < -0.39 is 0 Å². The number of rotatable bonds is 4. The van der Waals surface area contributed by atoms with Gasteiger partial charge in [-0.05, 0) is 44.0 Å². The maximum Gasteiger partial charge on any atom is 0.216 e. The second-order valence-corrected chi connectivity index (χ2v) is 5.16.